The van der Waals surface area contributed by atoms with E-state index < -0.39 is 42.1 Å². The molecule has 1 amide bonds. The lowest BCUT2D eigenvalue weighted by atomic mass is 9.72. The van der Waals surface area contributed by atoms with Crippen molar-refractivity contribution in [3.63, 3.8) is 0 Å². The normalized spacial score (nSPS) is 20.3. The third-order valence-electron chi connectivity index (χ3n) is 8.34. The smallest absolute Gasteiger partial charge is 0.326 e. The van der Waals surface area contributed by atoms with Crippen LogP contribution in [-0.4, -0.2) is 54.9 Å². The molecule has 1 aliphatic carbocycles. The number of carbonyl (C=O) groups is 5. The van der Waals surface area contributed by atoms with Crippen LogP contribution in [0.15, 0.2) is 87.5 Å². The Hall–Kier alpha value is -4.52. The zero-order chi connectivity index (χ0) is 33.4. The number of allylic oxidation sites excluding steroid dienone is 2. The molecule has 0 radical (unpaired) electrons. The van der Waals surface area contributed by atoms with Gasteiger partial charge in [0.1, 0.15) is 16.1 Å². The van der Waals surface area contributed by atoms with E-state index in [1.807, 2.05) is 48.5 Å². The molecule has 0 saturated carbocycles. The molecule has 6 rings (SSSR count). The number of nitrogens with zero attached hydrogens (tertiary/aromatic N) is 1. The van der Waals surface area contributed by atoms with E-state index in [-0.39, 0.29) is 27.2 Å². The van der Waals surface area contributed by atoms with Crippen LogP contribution in [0.1, 0.15) is 48.8 Å². The lowest BCUT2D eigenvalue weighted by Gasteiger charge is -2.30. The van der Waals surface area contributed by atoms with Gasteiger partial charge in [-0.05, 0) is 78.4 Å². The zero-order valence-electron chi connectivity index (χ0n) is 25.0. The van der Waals surface area contributed by atoms with Crippen molar-refractivity contribution < 1.29 is 34.2 Å². The second-order valence-electron chi connectivity index (χ2n) is 11.4. The van der Waals surface area contributed by atoms with Gasteiger partial charge in [-0.3, -0.25) is 24.1 Å². The number of hydrogen-bond acceptors (Lipinski definition) is 9. The maximum Gasteiger partial charge on any atom is 0.326 e. The van der Waals surface area contributed by atoms with Gasteiger partial charge in [0, 0.05) is 22.1 Å². The maximum absolute atomic E-state index is 13.4. The van der Waals surface area contributed by atoms with Crippen molar-refractivity contribution >= 4 is 92.5 Å². The average molecular weight is 685 g/mol. The number of fused-ring (bicyclic) bond motifs is 2. The molecule has 2 aliphatic heterocycles. The van der Waals surface area contributed by atoms with Crippen molar-refractivity contribution in [2.45, 2.75) is 47.9 Å². The Bertz CT molecular complexity index is 1920. The summed E-state index contributed by atoms with van der Waals surface area (Å²) in [6, 6.07) is 20.0. The Kier molecular flexibility index (Phi) is 9.18. The molecule has 3 aromatic rings. The summed E-state index contributed by atoms with van der Waals surface area (Å²) in [6.07, 6.45) is 2.96. The minimum Gasteiger partial charge on any atom is -0.481 e. The number of ketones is 2. The zero-order valence-corrected chi connectivity index (χ0v) is 27.4. The van der Waals surface area contributed by atoms with Crippen LogP contribution < -0.4 is 5.32 Å². The number of para-hydroxylation sites is 1. The predicted molar refractivity (Wildman–Crippen MR) is 185 cm³/mol. The third-order valence-corrected chi connectivity index (χ3v) is 10.8. The number of anilines is 2. The van der Waals surface area contributed by atoms with Crippen molar-refractivity contribution in [2.75, 3.05) is 5.32 Å². The van der Waals surface area contributed by atoms with E-state index in [1.165, 1.54) is 6.92 Å². The summed E-state index contributed by atoms with van der Waals surface area (Å²) < 4.78 is 0.0418. The average Bonchev–Trinajstić information content (AvgIpc) is 3.31. The summed E-state index contributed by atoms with van der Waals surface area (Å²) in [5.41, 5.74) is 5.16. The molecule has 1 saturated heterocycles. The van der Waals surface area contributed by atoms with Crippen LogP contribution in [0, 0.1) is 5.92 Å². The van der Waals surface area contributed by atoms with Crippen LogP contribution in [0.3, 0.4) is 0 Å². The van der Waals surface area contributed by atoms with E-state index in [4.69, 9.17) is 17.3 Å². The highest BCUT2D eigenvalue weighted by molar-refractivity contribution is 8.26. The Morgan fingerprint density at radius 3 is 2.43 bits per heavy atom. The van der Waals surface area contributed by atoms with E-state index in [0.29, 0.717) is 12.0 Å². The minimum atomic E-state index is -1.39. The largest absolute Gasteiger partial charge is 0.481 e. The van der Waals surface area contributed by atoms with Gasteiger partial charge in [-0.1, -0.05) is 78.2 Å². The predicted octanol–water partition coefficient (Wildman–Crippen LogP) is 6.76. The number of amides is 1. The third kappa shape index (κ3) is 6.67. The van der Waals surface area contributed by atoms with Gasteiger partial charge in [-0.15, -0.1) is 0 Å². The van der Waals surface area contributed by atoms with Gasteiger partial charge in [-0.25, -0.2) is 4.79 Å². The van der Waals surface area contributed by atoms with Crippen LogP contribution >= 0.6 is 35.7 Å². The number of benzene rings is 3. The number of rotatable bonds is 9. The molecule has 3 unspecified atom stereocenters. The Balaban J connectivity index is 1.23. The number of carbonyl (C=O) groups excluding carboxylic acids is 3. The number of thioether (sulfide) groups is 1. The number of Topliss-reactive ketones (excluding diaryl/α,β-unsaturated/α-hetero) is 1. The monoisotopic (exact) mass is 684 g/mol. The summed E-state index contributed by atoms with van der Waals surface area (Å²) in [4.78, 5) is 65.5. The summed E-state index contributed by atoms with van der Waals surface area (Å²) in [5, 5.41) is 22.1. The first-order chi connectivity index (χ1) is 22.5. The highest BCUT2D eigenvalue weighted by Gasteiger charge is 2.41. The fourth-order valence-corrected chi connectivity index (χ4v) is 8.40. The molecule has 12 heteroatoms. The van der Waals surface area contributed by atoms with E-state index in [9.17, 15) is 29.1 Å². The molecule has 3 N–H and O–H groups in total. The molecule has 0 spiro atoms. The van der Waals surface area contributed by atoms with Crippen molar-refractivity contribution in [1.29, 1.82) is 0 Å². The Morgan fingerprint density at radius 2 is 1.72 bits per heavy atom. The van der Waals surface area contributed by atoms with Gasteiger partial charge in [0.15, 0.2) is 5.78 Å². The highest BCUT2D eigenvalue weighted by atomic mass is 32.2. The van der Waals surface area contributed by atoms with Crippen LogP contribution in [0.25, 0.3) is 11.6 Å². The van der Waals surface area contributed by atoms with Crippen molar-refractivity contribution in [1.82, 2.24) is 4.90 Å². The number of hydrogen-bond donors (Lipinski definition) is 3. The van der Waals surface area contributed by atoms with Crippen LogP contribution in [0.5, 0.6) is 0 Å². The van der Waals surface area contributed by atoms with E-state index in [0.717, 1.165) is 54.5 Å². The number of thiocarbonyl (C=S) groups is 1. The topological polar surface area (TPSA) is 141 Å². The molecule has 2 heterocycles. The first-order valence-corrected chi connectivity index (χ1v) is 16.8. The molecule has 0 aromatic heterocycles. The number of aliphatic carboxylic acids is 2. The summed E-state index contributed by atoms with van der Waals surface area (Å²) >= 11 is 7.92. The molecule has 3 aliphatic rings. The summed E-state index contributed by atoms with van der Waals surface area (Å²) in [7, 11) is 0. The molecule has 1 fully saturated rings. The fraction of sp³-hybridized carbons (Fsp3) is 0.200. The molecule has 47 heavy (non-hydrogen) atoms. The summed E-state index contributed by atoms with van der Waals surface area (Å²) in [6.45, 7) is 1.43. The molecule has 238 valence electrons. The summed E-state index contributed by atoms with van der Waals surface area (Å²) in [5.74, 6) is -4.77. The van der Waals surface area contributed by atoms with Gasteiger partial charge < -0.3 is 15.5 Å². The lowest BCUT2D eigenvalue weighted by molar-refractivity contribution is -0.146. The van der Waals surface area contributed by atoms with Crippen molar-refractivity contribution in [3.05, 3.63) is 94.4 Å². The van der Waals surface area contributed by atoms with Gasteiger partial charge in [0.2, 0.25) is 0 Å². The van der Waals surface area contributed by atoms with Crippen LogP contribution in [-0.2, 0) is 24.0 Å². The maximum atomic E-state index is 13.4. The van der Waals surface area contributed by atoms with Crippen LogP contribution in [0.2, 0.25) is 0 Å². The van der Waals surface area contributed by atoms with E-state index in [1.54, 1.807) is 36.0 Å². The Morgan fingerprint density at radius 1 is 1.00 bits per heavy atom. The van der Waals surface area contributed by atoms with Crippen LogP contribution in [0.4, 0.5) is 11.4 Å². The molecule has 3 atom stereocenters. The van der Waals surface area contributed by atoms with E-state index in [2.05, 4.69) is 11.4 Å². The molecule has 9 nitrogen and oxygen atoms in total. The first kappa shape index (κ1) is 32.4. The van der Waals surface area contributed by atoms with Crippen molar-refractivity contribution in [2.24, 2.45) is 5.92 Å². The number of nitrogens with one attached hydrogen (secondary N) is 1. The molecule has 3 aromatic carbocycles. The quantitative estimate of drug-likeness (QED) is 0.0979. The number of carboxylic acids is 2. The molecular formula is C35H28N2O7S3. The minimum absolute atomic E-state index is 0.0418. The second-order valence-corrected chi connectivity index (χ2v) is 14.2. The second kappa shape index (κ2) is 13.3. The van der Waals surface area contributed by atoms with Gasteiger partial charge >= 0.3 is 11.9 Å². The fourth-order valence-electron chi connectivity index (χ4n) is 6.07. The van der Waals surface area contributed by atoms with Gasteiger partial charge in [-0.2, -0.15) is 0 Å². The molecular weight excluding hydrogens is 657 g/mol. The van der Waals surface area contributed by atoms with E-state index >= 15 is 0 Å². The SMILES string of the molecule is CC(=O)C1C(=O)C=C(c2ccc3c(c2)Nc2ccccc2S3)CC1c1ccc(/C=C2/SC(=S)N(C(CCC(=O)O)C(=O)O)C2=O)cc1. The Labute approximate surface area is 284 Å². The lowest BCUT2D eigenvalue weighted by Crippen LogP contribution is -2.44. The van der Waals surface area contributed by atoms with Crippen molar-refractivity contribution in [3.8, 4) is 0 Å². The van der Waals surface area contributed by atoms with Gasteiger partial charge in [0.05, 0.1) is 22.2 Å². The highest BCUT2D eigenvalue weighted by Crippen LogP contribution is 2.46. The van der Waals surface area contributed by atoms with Gasteiger partial charge in [0.25, 0.3) is 5.91 Å². The first-order valence-electron chi connectivity index (χ1n) is 14.7. The standard InChI is InChI=1S/C35H28N2O7S3/c1-18(38)32-23(15-22(17-27(32)39)21-10-12-29-25(16-21)36-24-4-2-3-5-28(24)46-29)20-8-6-19(7-9-20)14-30-33(42)37(35(45)47-30)26(34(43)44)11-13-31(40)41/h2-10,12,14,16-17,23,26,32,36H,11,13,15H2,1H3,(H,40,41)(H,43,44)/b30-14+. The number of carboxylic acid groups (broad SMARTS) is 2. The molecule has 0 bridgehead atoms.